The van der Waals surface area contributed by atoms with Crippen molar-refractivity contribution >= 4 is 5.97 Å². The van der Waals surface area contributed by atoms with Gasteiger partial charge in [0.1, 0.15) is 5.54 Å². The Morgan fingerprint density at radius 1 is 1.39 bits per heavy atom. The minimum Gasteiger partial charge on any atom is -0.480 e. The molecule has 0 aromatic heterocycles. The van der Waals surface area contributed by atoms with Crippen molar-refractivity contribution in [1.29, 1.82) is 0 Å². The maximum atomic E-state index is 11.3. The van der Waals surface area contributed by atoms with Crippen LogP contribution in [0.4, 0.5) is 0 Å². The molecule has 106 valence electrons. The molecule has 1 heterocycles. The highest BCUT2D eigenvalue weighted by molar-refractivity contribution is 5.78. The summed E-state index contributed by atoms with van der Waals surface area (Å²) in [6.07, 6.45) is 0.0179. The summed E-state index contributed by atoms with van der Waals surface area (Å²) >= 11 is 0. The average molecular weight is 260 g/mol. The second-order valence-electron chi connectivity index (χ2n) is 4.91. The van der Waals surface area contributed by atoms with Crippen LogP contribution in [0.15, 0.2) is 0 Å². The van der Waals surface area contributed by atoms with E-state index in [4.69, 9.17) is 9.47 Å². The molecule has 6 nitrogen and oxygen atoms in total. The minimum absolute atomic E-state index is 0.00896. The zero-order valence-corrected chi connectivity index (χ0v) is 11.6. The highest BCUT2D eigenvalue weighted by Gasteiger charge is 2.40. The lowest BCUT2D eigenvalue weighted by atomic mass is 10.0. The molecule has 1 aliphatic heterocycles. The van der Waals surface area contributed by atoms with Crippen LogP contribution in [0.5, 0.6) is 0 Å². The van der Waals surface area contributed by atoms with Crippen LogP contribution in [0.1, 0.15) is 13.8 Å². The third kappa shape index (κ3) is 3.41. The molecule has 3 atom stereocenters. The smallest absolute Gasteiger partial charge is 0.324 e. The number of carboxylic acids is 1. The largest absolute Gasteiger partial charge is 0.480 e. The summed E-state index contributed by atoms with van der Waals surface area (Å²) in [7, 11) is 3.31. The lowest BCUT2D eigenvalue weighted by Gasteiger charge is -2.30. The molecule has 1 rings (SSSR count). The summed E-state index contributed by atoms with van der Waals surface area (Å²) in [5, 5.41) is 12.3. The van der Waals surface area contributed by atoms with Crippen LogP contribution in [-0.2, 0) is 14.3 Å². The molecular formula is C12H24N2O4. The molecule has 1 fully saturated rings. The number of likely N-dealkylation sites (N-methyl/N-ethyl adjacent to an activating group) is 1. The molecular weight excluding hydrogens is 236 g/mol. The number of ether oxygens (including phenoxy) is 2. The number of rotatable bonds is 7. The van der Waals surface area contributed by atoms with Crippen LogP contribution >= 0.6 is 0 Å². The topological polar surface area (TPSA) is 71.0 Å². The van der Waals surface area contributed by atoms with E-state index in [1.165, 1.54) is 0 Å². The van der Waals surface area contributed by atoms with Crippen molar-refractivity contribution in [2.24, 2.45) is 0 Å². The van der Waals surface area contributed by atoms with E-state index in [1.807, 2.05) is 6.92 Å². The SMILES string of the molecule is CCNC(C)(CN1CC(OC)C(OC)C1)C(=O)O. The fourth-order valence-electron chi connectivity index (χ4n) is 2.44. The van der Waals surface area contributed by atoms with E-state index in [0.717, 1.165) is 0 Å². The Bertz CT molecular complexity index is 275. The number of carboxylic acid groups (broad SMARTS) is 1. The van der Waals surface area contributed by atoms with Crippen LogP contribution in [0.25, 0.3) is 0 Å². The van der Waals surface area contributed by atoms with Gasteiger partial charge in [-0.25, -0.2) is 0 Å². The number of hydrogen-bond acceptors (Lipinski definition) is 5. The van der Waals surface area contributed by atoms with Gasteiger partial charge in [-0.15, -0.1) is 0 Å². The van der Waals surface area contributed by atoms with Gasteiger partial charge in [0.15, 0.2) is 0 Å². The monoisotopic (exact) mass is 260 g/mol. The van der Waals surface area contributed by atoms with Crippen LogP contribution in [0.2, 0.25) is 0 Å². The number of methoxy groups -OCH3 is 2. The maximum absolute atomic E-state index is 11.3. The molecule has 6 heteroatoms. The van der Waals surface area contributed by atoms with Gasteiger partial charge in [-0.2, -0.15) is 0 Å². The zero-order valence-electron chi connectivity index (χ0n) is 11.6. The molecule has 3 unspecified atom stereocenters. The fraction of sp³-hybridized carbons (Fsp3) is 0.917. The Morgan fingerprint density at radius 3 is 2.22 bits per heavy atom. The van der Waals surface area contributed by atoms with Gasteiger partial charge in [0.25, 0.3) is 0 Å². The van der Waals surface area contributed by atoms with Gasteiger partial charge in [-0.3, -0.25) is 9.69 Å². The standard InChI is InChI=1S/C12H24N2O4/c1-5-13-12(2,11(15)16)8-14-6-9(17-3)10(7-14)18-4/h9-10,13H,5-8H2,1-4H3,(H,15,16). The molecule has 18 heavy (non-hydrogen) atoms. The second-order valence-corrected chi connectivity index (χ2v) is 4.91. The first-order valence-corrected chi connectivity index (χ1v) is 6.23. The highest BCUT2D eigenvalue weighted by atomic mass is 16.5. The van der Waals surface area contributed by atoms with Gasteiger partial charge >= 0.3 is 5.97 Å². The molecule has 0 radical (unpaired) electrons. The minimum atomic E-state index is -0.935. The number of carbonyl (C=O) groups is 1. The van der Waals surface area contributed by atoms with Gasteiger partial charge in [0.2, 0.25) is 0 Å². The van der Waals surface area contributed by atoms with Gasteiger partial charge < -0.3 is 19.9 Å². The summed E-state index contributed by atoms with van der Waals surface area (Å²) in [5.74, 6) is -0.834. The van der Waals surface area contributed by atoms with E-state index in [1.54, 1.807) is 21.1 Å². The van der Waals surface area contributed by atoms with Crippen LogP contribution in [0, 0.1) is 0 Å². The summed E-state index contributed by atoms with van der Waals surface area (Å²) in [6, 6.07) is 0. The van der Waals surface area contributed by atoms with Crippen molar-refractivity contribution in [1.82, 2.24) is 10.2 Å². The molecule has 0 aromatic carbocycles. The summed E-state index contributed by atoms with van der Waals surface area (Å²) in [5.41, 5.74) is -0.935. The lowest BCUT2D eigenvalue weighted by molar-refractivity contribution is -0.145. The van der Waals surface area contributed by atoms with E-state index >= 15 is 0 Å². The molecule has 0 saturated carbocycles. The Morgan fingerprint density at radius 2 is 1.89 bits per heavy atom. The van der Waals surface area contributed by atoms with E-state index in [0.29, 0.717) is 26.2 Å². The number of hydrogen-bond donors (Lipinski definition) is 2. The zero-order chi connectivity index (χ0) is 13.8. The van der Waals surface area contributed by atoms with Gasteiger partial charge in [0.05, 0.1) is 12.2 Å². The van der Waals surface area contributed by atoms with E-state index in [-0.39, 0.29) is 12.2 Å². The van der Waals surface area contributed by atoms with Gasteiger partial charge in [-0.1, -0.05) is 6.92 Å². The summed E-state index contributed by atoms with van der Waals surface area (Å²) in [4.78, 5) is 13.4. The Labute approximate surface area is 108 Å². The van der Waals surface area contributed by atoms with E-state index in [2.05, 4.69) is 10.2 Å². The normalized spacial score (nSPS) is 28.2. The molecule has 1 saturated heterocycles. The van der Waals surface area contributed by atoms with Gasteiger partial charge in [-0.05, 0) is 13.5 Å². The summed E-state index contributed by atoms with van der Waals surface area (Å²) < 4.78 is 10.7. The number of nitrogens with zero attached hydrogens (tertiary/aromatic N) is 1. The molecule has 0 bridgehead atoms. The molecule has 0 spiro atoms. The third-order valence-corrected chi connectivity index (χ3v) is 3.48. The Kier molecular flexibility index (Phi) is 5.52. The van der Waals surface area contributed by atoms with Crippen LogP contribution in [-0.4, -0.2) is 74.1 Å². The Hall–Kier alpha value is -0.690. The van der Waals surface area contributed by atoms with E-state index < -0.39 is 11.5 Å². The molecule has 0 aliphatic carbocycles. The van der Waals surface area contributed by atoms with Crippen molar-refractivity contribution in [3.05, 3.63) is 0 Å². The molecule has 0 aromatic rings. The third-order valence-electron chi connectivity index (χ3n) is 3.48. The predicted molar refractivity (Wildman–Crippen MR) is 67.8 cm³/mol. The first-order chi connectivity index (χ1) is 8.46. The summed E-state index contributed by atoms with van der Waals surface area (Å²) in [6.45, 7) is 6.07. The van der Waals surface area contributed by atoms with Crippen LogP contribution < -0.4 is 5.32 Å². The number of likely N-dealkylation sites (tertiary alicyclic amines) is 1. The van der Waals surface area contributed by atoms with Crippen molar-refractivity contribution in [2.45, 2.75) is 31.6 Å². The van der Waals surface area contributed by atoms with Crippen molar-refractivity contribution in [3.63, 3.8) is 0 Å². The first-order valence-electron chi connectivity index (χ1n) is 6.23. The fourth-order valence-corrected chi connectivity index (χ4v) is 2.44. The molecule has 0 amide bonds. The second kappa shape index (κ2) is 6.47. The highest BCUT2D eigenvalue weighted by Crippen LogP contribution is 2.18. The quantitative estimate of drug-likeness (QED) is 0.660. The first kappa shape index (κ1) is 15.4. The van der Waals surface area contributed by atoms with Crippen LogP contribution in [0.3, 0.4) is 0 Å². The van der Waals surface area contributed by atoms with Crippen molar-refractivity contribution in [2.75, 3.05) is 40.4 Å². The van der Waals surface area contributed by atoms with E-state index in [9.17, 15) is 9.90 Å². The van der Waals surface area contributed by atoms with Gasteiger partial charge in [0, 0.05) is 33.9 Å². The number of nitrogens with one attached hydrogen (secondary N) is 1. The van der Waals surface area contributed by atoms with Crippen molar-refractivity contribution < 1.29 is 19.4 Å². The molecule has 1 aliphatic rings. The molecule has 2 N–H and O–H groups in total. The maximum Gasteiger partial charge on any atom is 0.324 e. The predicted octanol–water partition coefficient (Wildman–Crippen LogP) is -0.215. The van der Waals surface area contributed by atoms with Crippen molar-refractivity contribution in [3.8, 4) is 0 Å². The average Bonchev–Trinajstić information content (AvgIpc) is 2.71. The number of aliphatic carboxylic acids is 1. The Balaban J connectivity index is 2.64. The lowest BCUT2D eigenvalue weighted by Crippen LogP contribution is -2.56.